The second kappa shape index (κ2) is 8.45. The van der Waals surface area contributed by atoms with Crippen molar-refractivity contribution in [3.8, 4) is 11.3 Å². The Morgan fingerprint density at radius 1 is 1.19 bits per heavy atom. The number of imidazole rings is 1. The highest BCUT2D eigenvalue weighted by molar-refractivity contribution is 5.93. The fraction of sp³-hybridized carbons (Fsp3) is 0.500. The van der Waals surface area contributed by atoms with E-state index in [1.165, 1.54) is 4.57 Å². The fourth-order valence-electron chi connectivity index (χ4n) is 5.46. The standard InChI is InChI=1S/C24H27F2N9O/c1-13-30-20-21(35(13)12-18(25)26)32-17(11-28-20)15-9-27-19-16(15)10-29-23(33-19)31-14-7-24(2,8-14)22(36)34-5-3-4-6-34/h9-11,14,18H,3-8,12H2,1-2H3,(H2,27,29,31,33)/t14-,24+. The zero-order valence-electron chi connectivity index (χ0n) is 20.1. The van der Waals surface area contributed by atoms with Crippen molar-refractivity contribution in [1.82, 2.24) is 39.4 Å². The van der Waals surface area contributed by atoms with Gasteiger partial charge in [-0.15, -0.1) is 0 Å². The van der Waals surface area contributed by atoms with Crippen LogP contribution in [0.5, 0.6) is 0 Å². The number of hydrogen-bond acceptors (Lipinski definition) is 7. The molecule has 1 aliphatic heterocycles. The summed E-state index contributed by atoms with van der Waals surface area (Å²) < 4.78 is 27.5. The molecule has 0 aromatic carbocycles. The third kappa shape index (κ3) is 3.84. The molecule has 1 saturated carbocycles. The molecule has 0 spiro atoms. The van der Waals surface area contributed by atoms with Crippen molar-refractivity contribution in [2.75, 3.05) is 18.4 Å². The van der Waals surface area contributed by atoms with Crippen LogP contribution in [-0.2, 0) is 11.3 Å². The number of aromatic nitrogens is 7. The number of carbonyl (C=O) groups is 1. The lowest BCUT2D eigenvalue weighted by atomic mass is 9.66. The van der Waals surface area contributed by atoms with Gasteiger partial charge in [0.25, 0.3) is 6.43 Å². The number of hydrogen-bond donors (Lipinski definition) is 2. The minimum atomic E-state index is -2.52. The van der Waals surface area contributed by atoms with Gasteiger partial charge in [0, 0.05) is 42.5 Å². The van der Waals surface area contributed by atoms with Crippen molar-refractivity contribution >= 4 is 34.2 Å². The van der Waals surface area contributed by atoms with E-state index >= 15 is 0 Å². The molecule has 10 nitrogen and oxygen atoms in total. The minimum Gasteiger partial charge on any atom is -0.351 e. The van der Waals surface area contributed by atoms with E-state index in [0.29, 0.717) is 34.4 Å². The number of amides is 1. The molecule has 0 bridgehead atoms. The predicted octanol–water partition coefficient (Wildman–Crippen LogP) is 3.54. The summed E-state index contributed by atoms with van der Waals surface area (Å²) in [6.45, 7) is 4.95. The maximum Gasteiger partial charge on any atom is 0.256 e. The third-order valence-corrected chi connectivity index (χ3v) is 7.31. The lowest BCUT2D eigenvalue weighted by Gasteiger charge is -2.45. The predicted molar refractivity (Wildman–Crippen MR) is 130 cm³/mol. The van der Waals surface area contributed by atoms with E-state index < -0.39 is 13.0 Å². The zero-order chi connectivity index (χ0) is 25.0. The van der Waals surface area contributed by atoms with Gasteiger partial charge in [0.15, 0.2) is 11.3 Å². The molecule has 1 amide bonds. The maximum atomic E-state index is 13.1. The molecule has 0 unspecified atom stereocenters. The average molecular weight is 496 g/mol. The number of H-pyrrole nitrogens is 1. The van der Waals surface area contributed by atoms with E-state index in [0.717, 1.165) is 49.7 Å². The number of carbonyl (C=O) groups excluding carboxylic acids is 1. The van der Waals surface area contributed by atoms with Gasteiger partial charge in [-0.05, 0) is 32.6 Å². The first kappa shape index (κ1) is 22.7. The summed E-state index contributed by atoms with van der Waals surface area (Å²) in [5, 5.41) is 4.09. The van der Waals surface area contributed by atoms with E-state index in [4.69, 9.17) is 0 Å². The molecular formula is C24H27F2N9O. The van der Waals surface area contributed by atoms with Gasteiger partial charge in [-0.3, -0.25) is 4.79 Å². The number of nitrogens with one attached hydrogen (secondary N) is 2. The smallest absolute Gasteiger partial charge is 0.256 e. The number of halogens is 2. The molecule has 4 aromatic heterocycles. The quantitative estimate of drug-likeness (QED) is 0.420. The van der Waals surface area contributed by atoms with Crippen LogP contribution in [0.1, 0.15) is 38.4 Å². The summed E-state index contributed by atoms with van der Waals surface area (Å²) >= 11 is 0. The topological polar surface area (TPSA) is 118 Å². The summed E-state index contributed by atoms with van der Waals surface area (Å²) in [7, 11) is 0. The van der Waals surface area contributed by atoms with Crippen molar-refractivity contribution in [3.05, 3.63) is 24.4 Å². The first-order chi connectivity index (χ1) is 17.3. The van der Waals surface area contributed by atoms with E-state index in [1.807, 2.05) is 11.8 Å². The number of nitrogens with zero attached hydrogens (tertiary/aromatic N) is 7. The van der Waals surface area contributed by atoms with Gasteiger partial charge in [0.05, 0.1) is 23.9 Å². The summed E-state index contributed by atoms with van der Waals surface area (Å²) in [5.41, 5.74) is 2.19. The molecule has 36 heavy (non-hydrogen) atoms. The summed E-state index contributed by atoms with van der Waals surface area (Å²) in [5.74, 6) is 1.19. The number of alkyl halides is 2. The Bertz CT molecular complexity index is 1450. The van der Waals surface area contributed by atoms with Gasteiger partial charge in [0.1, 0.15) is 11.5 Å². The van der Waals surface area contributed by atoms with E-state index in [9.17, 15) is 13.6 Å². The van der Waals surface area contributed by atoms with Crippen molar-refractivity contribution < 1.29 is 13.6 Å². The molecule has 2 aliphatic rings. The molecule has 5 heterocycles. The first-order valence-corrected chi connectivity index (χ1v) is 12.2. The molecule has 2 N–H and O–H groups in total. The maximum absolute atomic E-state index is 13.1. The summed E-state index contributed by atoms with van der Waals surface area (Å²) in [6, 6.07) is 0.139. The van der Waals surface area contributed by atoms with Crippen LogP contribution in [0.4, 0.5) is 14.7 Å². The highest BCUT2D eigenvalue weighted by Crippen LogP contribution is 2.44. The molecule has 2 fully saturated rings. The van der Waals surface area contributed by atoms with Crippen LogP contribution in [0.15, 0.2) is 18.6 Å². The van der Waals surface area contributed by atoms with Crippen molar-refractivity contribution in [2.45, 2.75) is 58.5 Å². The summed E-state index contributed by atoms with van der Waals surface area (Å²) in [6.07, 6.45) is 6.20. The third-order valence-electron chi connectivity index (χ3n) is 7.31. The van der Waals surface area contributed by atoms with Crippen molar-refractivity contribution in [2.24, 2.45) is 5.41 Å². The largest absolute Gasteiger partial charge is 0.351 e. The van der Waals surface area contributed by atoms with Gasteiger partial charge >= 0.3 is 0 Å². The van der Waals surface area contributed by atoms with Crippen molar-refractivity contribution in [1.29, 1.82) is 0 Å². The van der Waals surface area contributed by atoms with Crippen LogP contribution in [0, 0.1) is 12.3 Å². The van der Waals surface area contributed by atoms with Crippen LogP contribution in [0.25, 0.3) is 33.6 Å². The van der Waals surface area contributed by atoms with Gasteiger partial charge in [0.2, 0.25) is 11.9 Å². The Kier molecular flexibility index (Phi) is 5.34. The van der Waals surface area contributed by atoms with Gasteiger partial charge in [-0.2, -0.15) is 4.98 Å². The van der Waals surface area contributed by atoms with Crippen molar-refractivity contribution in [3.63, 3.8) is 0 Å². The average Bonchev–Trinajstić information content (AvgIpc) is 3.56. The molecular weight excluding hydrogens is 468 g/mol. The molecule has 12 heteroatoms. The molecule has 188 valence electrons. The Hall–Kier alpha value is -3.70. The normalized spacial score (nSPS) is 22.0. The van der Waals surface area contributed by atoms with Crippen LogP contribution >= 0.6 is 0 Å². The van der Waals surface area contributed by atoms with Crippen LogP contribution in [0.3, 0.4) is 0 Å². The molecule has 1 saturated heterocycles. The Balaban J connectivity index is 1.20. The molecule has 0 atom stereocenters. The number of aryl methyl sites for hydroxylation is 1. The van der Waals surface area contributed by atoms with Gasteiger partial charge in [-0.1, -0.05) is 6.92 Å². The first-order valence-electron chi connectivity index (χ1n) is 12.2. The number of likely N-dealkylation sites (tertiary alicyclic amines) is 1. The lowest BCUT2D eigenvalue weighted by molar-refractivity contribution is -0.145. The fourth-order valence-corrected chi connectivity index (χ4v) is 5.46. The van der Waals surface area contributed by atoms with E-state index in [2.05, 4.69) is 35.2 Å². The SMILES string of the molecule is Cc1nc2ncc(-c3c[nH]c4nc(N[C@H]5C[C@@](C)(C(=O)N6CCCC6)C5)ncc34)nc2n1CC(F)F. The van der Waals surface area contributed by atoms with Gasteiger partial charge in [-0.25, -0.2) is 28.7 Å². The highest BCUT2D eigenvalue weighted by atomic mass is 19.3. The number of aromatic amines is 1. The summed E-state index contributed by atoms with van der Waals surface area (Å²) in [4.78, 5) is 40.2. The minimum absolute atomic E-state index is 0.139. The van der Waals surface area contributed by atoms with Crippen LogP contribution < -0.4 is 5.32 Å². The van der Waals surface area contributed by atoms with E-state index in [-0.39, 0.29) is 17.4 Å². The Morgan fingerprint density at radius 2 is 1.97 bits per heavy atom. The molecule has 6 rings (SSSR count). The Morgan fingerprint density at radius 3 is 2.72 bits per heavy atom. The molecule has 4 aromatic rings. The monoisotopic (exact) mass is 495 g/mol. The number of rotatable bonds is 6. The zero-order valence-corrected chi connectivity index (χ0v) is 20.1. The Labute approximate surface area is 205 Å². The highest BCUT2D eigenvalue weighted by Gasteiger charge is 2.48. The van der Waals surface area contributed by atoms with Crippen LogP contribution in [0.2, 0.25) is 0 Å². The number of anilines is 1. The number of fused-ring (bicyclic) bond motifs is 2. The van der Waals surface area contributed by atoms with Crippen LogP contribution in [-0.4, -0.2) is 70.8 Å². The second-order valence-corrected chi connectivity index (χ2v) is 10.0. The second-order valence-electron chi connectivity index (χ2n) is 10.0. The molecule has 1 aliphatic carbocycles. The lowest BCUT2D eigenvalue weighted by Crippen LogP contribution is -2.53. The van der Waals surface area contributed by atoms with Gasteiger partial charge < -0.3 is 19.8 Å². The molecule has 0 radical (unpaired) electrons. The van der Waals surface area contributed by atoms with E-state index in [1.54, 1.807) is 25.5 Å².